The molecule has 0 aliphatic heterocycles. The van der Waals surface area contributed by atoms with E-state index in [9.17, 15) is 18.0 Å². The van der Waals surface area contributed by atoms with Gasteiger partial charge in [-0.05, 0) is 38.5 Å². The molecule has 0 saturated heterocycles. The van der Waals surface area contributed by atoms with Gasteiger partial charge in [0.15, 0.2) is 0 Å². The highest BCUT2D eigenvalue weighted by atomic mass is 19.4. The molecule has 1 heterocycles. The van der Waals surface area contributed by atoms with Gasteiger partial charge in [-0.2, -0.15) is 13.2 Å². The van der Waals surface area contributed by atoms with Crippen molar-refractivity contribution in [3.8, 4) is 5.88 Å². The highest BCUT2D eigenvalue weighted by Crippen LogP contribution is 2.43. The van der Waals surface area contributed by atoms with Crippen LogP contribution in [0.2, 0.25) is 0 Å². The van der Waals surface area contributed by atoms with Crippen molar-refractivity contribution < 1.29 is 27.4 Å². The molecule has 0 unspecified atom stereocenters. The van der Waals surface area contributed by atoms with Crippen molar-refractivity contribution in [2.24, 2.45) is 11.6 Å². The minimum absolute atomic E-state index is 0.138. The van der Waals surface area contributed by atoms with Crippen LogP contribution in [0.15, 0.2) is 11.9 Å². The van der Waals surface area contributed by atoms with E-state index in [0.717, 1.165) is 49.1 Å². The Morgan fingerprint density at radius 3 is 2.44 bits per heavy atom. The lowest BCUT2D eigenvalue weighted by molar-refractivity contribution is -0.136. The minimum Gasteiger partial charge on any atom is -0.473 e. The zero-order valence-corrected chi connectivity index (χ0v) is 19.6. The quantitative estimate of drug-likeness (QED) is 0.402. The molecule has 1 amide bonds. The minimum atomic E-state index is -4.37. The maximum Gasteiger partial charge on any atom is 0.409 e. The summed E-state index contributed by atoms with van der Waals surface area (Å²) in [5, 5.41) is 1.18. The lowest BCUT2D eigenvalue weighted by atomic mass is 9.98. The lowest BCUT2D eigenvalue weighted by Gasteiger charge is -2.24. The fourth-order valence-electron chi connectivity index (χ4n) is 3.72. The van der Waals surface area contributed by atoms with Gasteiger partial charge in [-0.25, -0.2) is 20.6 Å². The number of alkyl halides is 3. The molecule has 190 valence electrons. The van der Waals surface area contributed by atoms with Crippen LogP contribution < -0.4 is 16.3 Å². The first-order valence-electron chi connectivity index (χ1n) is 11.5. The van der Waals surface area contributed by atoms with E-state index in [1.807, 2.05) is 0 Å². The Hall–Kier alpha value is -2.76. The second-order valence-corrected chi connectivity index (χ2v) is 8.91. The zero-order valence-electron chi connectivity index (χ0n) is 19.6. The molecule has 1 aromatic rings. The van der Waals surface area contributed by atoms with Crippen molar-refractivity contribution >= 4 is 11.8 Å². The SMILES string of the molecule is CN(CCC(F)(F)F)C(=O)OC/C(=C(/N)c1cnc(OC2CCCCC2)c(C2CC2)n1)N(C)N. The summed E-state index contributed by atoms with van der Waals surface area (Å²) in [6.07, 6.45) is 2.71. The summed E-state index contributed by atoms with van der Waals surface area (Å²) in [6, 6.07) is 0. The van der Waals surface area contributed by atoms with Crippen molar-refractivity contribution in [3.63, 3.8) is 0 Å². The number of rotatable bonds is 9. The predicted octanol–water partition coefficient (Wildman–Crippen LogP) is 3.52. The van der Waals surface area contributed by atoms with E-state index in [0.29, 0.717) is 11.6 Å². The molecule has 2 aliphatic carbocycles. The van der Waals surface area contributed by atoms with Crippen LogP contribution >= 0.6 is 0 Å². The van der Waals surface area contributed by atoms with E-state index in [1.54, 1.807) is 0 Å². The van der Waals surface area contributed by atoms with Gasteiger partial charge in [0.2, 0.25) is 5.88 Å². The van der Waals surface area contributed by atoms with Crippen molar-refractivity contribution in [2.45, 2.75) is 69.6 Å². The lowest BCUT2D eigenvalue weighted by Crippen LogP contribution is -2.35. The maximum absolute atomic E-state index is 12.4. The van der Waals surface area contributed by atoms with Crippen molar-refractivity contribution in [1.29, 1.82) is 0 Å². The molecule has 0 radical (unpaired) electrons. The van der Waals surface area contributed by atoms with Gasteiger partial charge in [0.25, 0.3) is 0 Å². The van der Waals surface area contributed by atoms with Crippen LogP contribution in [0.5, 0.6) is 5.88 Å². The third-order valence-corrected chi connectivity index (χ3v) is 5.95. The van der Waals surface area contributed by atoms with Gasteiger partial charge < -0.3 is 25.1 Å². The largest absolute Gasteiger partial charge is 0.473 e. The molecule has 4 N–H and O–H groups in total. The van der Waals surface area contributed by atoms with E-state index >= 15 is 0 Å². The predicted molar refractivity (Wildman–Crippen MR) is 119 cm³/mol. The Labute approximate surface area is 197 Å². The first-order chi connectivity index (χ1) is 16.0. The van der Waals surface area contributed by atoms with Gasteiger partial charge >= 0.3 is 12.3 Å². The average Bonchev–Trinajstić information content (AvgIpc) is 3.63. The monoisotopic (exact) mass is 486 g/mol. The summed E-state index contributed by atoms with van der Waals surface area (Å²) in [7, 11) is 2.74. The van der Waals surface area contributed by atoms with Crippen LogP contribution in [0.3, 0.4) is 0 Å². The fourth-order valence-corrected chi connectivity index (χ4v) is 3.72. The summed E-state index contributed by atoms with van der Waals surface area (Å²) in [6.45, 7) is -0.858. The molecule has 2 fully saturated rings. The van der Waals surface area contributed by atoms with Crippen LogP contribution in [-0.2, 0) is 4.74 Å². The van der Waals surface area contributed by atoms with Crippen LogP contribution in [-0.4, -0.2) is 65.5 Å². The number of likely N-dealkylation sites (N-methyl/N-ethyl adjacent to an activating group) is 1. The van der Waals surface area contributed by atoms with Crippen LogP contribution in [0.1, 0.15) is 68.7 Å². The van der Waals surface area contributed by atoms with Gasteiger partial charge in [0.1, 0.15) is 24.1 Å². The summed E-state index contributed by atoms with van der Waals surface area (Å²) < 4.78 is 48.5. The highest BCUT2D eigenvalue weighted by Gasteiger charge is 2.32. The van der Waals surface area contributed by atoms with Crippen LogP contribution in [0.4, 0.5) is 18.0 Å². The number of nitrogens with two attached hydrogens (primary N) is 2. The molecule has 3 rings (SSSR count). The second-order valence-electron chi connectivity index (χ2n) is 8.91. The Morgan fingerprint density at radius 2 is 1.85 bits per heavy atom. The Balaban J connectivity index is 1.72. The number of nitrogens with zero attached hydrogens (tertiary/aromatic N) is 4. The van der Waals surface area contributed by atoms with Crippen molar-refractivity contribution in [3.05, 3.63) is 23.3 Å². The zero-order chi connectivity index (χ0) is 24.9. The van der Waals surface area contributed by atoms with Gasteiger partial charge in [-0.1, -0.05) is 6.42 Å². The van der Waals surface area contributed by atoms with Gasteiger partial charge in [-0.15, -0.1) is 0 Å². The molecule has 1 aromatic heterocycles. The number of carbonyl (C=O) groups excluding carboxylic acids is 1. The third-order valence-electron chi connectivity index (χ3n) is 5.95. The summed E-state index contributed by atoms with van der Waals surface area (Å²) in [5.74, 6) is 6.68. The normalized spacial score (nSPS) is 17.7. The maximum atomic E-state index is 12.4. The molecule has 0 atom stereocenters. The molecule has 2 aliphatic rings. The molecule has 9 nitrogen and oxygen atoms in total. The van der Waals surface area contributed by atoms with Crippen LogP contribution in [0.25, 0.3) is 5.70 Å². The van der Waals surface area contributed by atoms with Gasteiger partial charge in [-0.3, -0.25) is 0 Å². The molecule has 0 spiro atoms. The number of hydrogen-bond donors (Lipinski definition) is 2. The molecule has 12 heteroatoms. The van der Waals surface area contributed by atoms with E-state index < -0.39 is 25.2 Å². The Kier molecular flexibility index (Phi) is 8.45. The molecule has 0 aromatic carbocycles. The van der Waals surface area contributed by atoms with E-state index in [2.05, 4.69) is 4.98 Å². The Morgan fingerprint density at radius 1 is 1.18 bits per heavy atom. The smallest absolute Gasteiger partial charge is 0.409 e. The summed E-state index contributed by atoms with van der Waals surface area (Å²) in [4.78, 5) is 22.1. The van der Waals surface area contributed by atoms with Crippen molar-refractivity contribution in [2.75, 3.05) is 27.2 Å². The first kappa shape index (κ1) is 25.9. The number of ether oxygens (including phenoxy) is 2. The molecular weight excluding hydrogens is 453 g/mol. The number of carbonyl (C=O) groups is 1. The molecule has 0 bridgehead atoms. The standard InChI is InChI=1S/C22H33F3N6O3/c1-30(11-10-22(23,24)25)21(32)33-13-17(31(2)27)18(26)16-12-28-20(19(29-16)14-8-9-14)34-15-6-4-3-5-7-15/h12,14-15H,3-11,13,26-27H2,1-2H3/b18-17-. The van der Waals surface area contributed by atoms with E-state index in [1.165, 1.54) is 31.7 Å². The summed E-state index contributed by atoms with van der Waals surface area (Å²) in [5.41, 5.74) is 7.84. The second kappa shape index (κ2) is 11.1. The van der Waals surface area contributed by atoms with E-state index in [4.69, 9.17) is 26.0 Å². The number of hydrogen-bond acceptors (Lipinski definition) is 8. The third kappa shape index (κ3) is 7.37. The molecule has 2 saturated carbocycles. The molecular formula is C22H33F3N6O3. The number of amides is 1. The average molecular weight is 487 g/mol. The number of hydrazine groups is 1. The molecule has 34 heavy (non-hydrogen) atoms. The first-order valence-corrected chi connectivity index (χ1v) is 11.5. The Bertz CT molecular complexity index is 883. The summed E-state index contributed by atoms with van der Waals surface area (Å²) >= 11 is 0. The van der Waals surface area contributed by atoms with Gasteiger partial charge in [0.05, 0.1) is 24.0 Å². The number of halogens is 3. The number of aromatic nitrogens is 2. The fraction of sp³-hybridized carbons (Fsp3) is 0.682. The van der Waals surface area contributed by atoms with E-state index in [-0.39, 0.29) is 30.0 Å². The van der Waals surface area contributed by atoms with Crippen molar-refractivity contribution in [1.82, 2.24) is 19.9 Å². The van der Waals surface area contributed by atoms with Crippen LogP contribution in [0, 0.1) is 0 Å². The highest BCUT2D eigenvalue weighted by molar-refractivity contribution is 5.68. The topological polar surface area (TPSA) is 120 Å². The van der Waals surface area contributed by atoms with Gasteiger partial charge in [0, 0.05) is 26.6 Å².